The van der Waals surface area contributed by atoms with Crippen molar-refractivity contribution in [2.75, 3.05) is 0 Å². The van der Waals surface area contributed by atoms with Crippen LogP contribution in [-0.2, 0) is 6.54 Å². The van der Waals surface area contributed by atoms with E-state index in [9.17, 15) is 4.79 Å². The first-order valence-electron chi connectivity index (χ1n) is 6.36. The van der Waals surface area contributed by atoms with Gasteiger partial charge in [0.1, 0.15) is 6.04 Å². The third-order valence-electron chi connectivity index (χ3n) is 2.71. The normalized spacial score (nSPS) is 11.8. The highest BCUT2D eigenvalue weighted by Gasteiger charge is 2.15. The molecule has 0 fully saturated rings. The zero-order valence-electron chi connectivity index (χ0n) is 11.1. The van der Waals surface area contributed by atoms with Gasteiger partial charge in [-0.2, -0.15) is 5.26 Å². The fourth-order valence-corrected chi connectivity index (χ4v) is 2.43. The second-order valence-corrected chi connectivity index (χ2v) is 5.36. The predicted octanol–water partition coefficient (Wildman–Crippen LogP) is 1.81. The lowest BCUT2D eigenvalue weighted by Gasteiger charge is -2.08. The maximum absolute atomic E-state index is 11.9. The summed E-state index contributed by atoms with van der Waals surface area (Å²) in [6.45, 7) is 2.56. The lowest BCUT2D eigenvalue weighted by atomic mass is 10.2. The molecule has 0 saturated heterocycles. The van der Waals surface area contributed by atoms with E-state index in [-0.39, 0.29) is 11.6 Å². The van der Waals surface area contributed by atoms with Gasteiger partial charge < -0.3 is 5.32 Å². The Morgan fingerprint density at radius 2 is 2.50 bits per heavy atom. The van der Waals surface area contributed by atoms with E-state index in [1.807, 2.05) is 24.4 Å². The van der Waals surface area contributed by atoms with E-state index in [0.717, 1.165) is 11.3 Å². The Balaban J connectivity index is 1.97. The maximum Gasteiger partial charge on any atom is 0.274 e. The van der Waals surface area contributed by atoms with Crippen molar-refractivity contribution >= 4 is 17.2 Å². The van der Waals surface area contributed by atoms with Gasteiger partial charge >= 0.3 is 0 Å². The Kier molecular flexibility index (Phi) is 4.85. The van der Waals surface area contributed by atoms with Crippen LogP contribution in [-0.4, -0.2) is 26.9 Å². The predicted molar refractivity (Wildman–Crippen MR) is 75.2 cm³/mol. The second kappa shape index (κ2) is 6.82. The fourth-order valence-electron chi connectivity index (χ4n) is 1.73. The summed E-state index contributed by atoms with van der Waals surface area (Å²) in [5.41, 5.74) is 0.234. The topological polar surface area (TPSA) is 83.6 Å². The molecule has 1 amide bonds. The molecule has 2 heterocycles. The summed E-state index contributed by atoms with van der Waals surface area (Å²) in [6.07, 6.45) is 3.06. The molecule has 0 aliphatic heterocycles. The summed E-state index contributed by atoms with van der Waals surface area (Å²) in [5, 5.41) is 21.3. The average Bonchev–Trinajstić information content (AvgIpc) is 3.10. The number of carbonyl (C=O) groups is 1. The van der Waals surface area contributed by atoms with Crippen LogP contribution in [0.3, 0.4) is 0 Å². The van der Waals surface area contributed by atoms with Gasteiger partial charge in [0, 0.05) is 4.88 Å². The van der Waals surface area contributed by atoms with Crippen LogP contribution >= 0.6 is 11.3 Å². The van der Waals surface area contributed by atoms with Crippen LogP contribution in [0.5, 0.6) is 0 Å². The molecular weight excluding hydrogens is 274 g/mol. The van der Waals surface area contributed by atoms with Gasteiger partial charge in [-0.25, -0.2) is 4.68 Å². The van der Waals surface area contributed by atoms with Crippen molar-refractivity contribution in [3.63, 3.8) is 0 Å². The SMILES string of the molecule is CCCC(C#N)NC(=O)c1cn(Cc2cccs2)nn1. The highest BCUT2D eigenvalue weighted by Crippen LogP contribution is 2.10. The summed E-state index contributed by atoms with van der Waals surface area (Å²) in [4.78, 5) is 13.1. The molecule has 6 nitrogen and oxygen atoms in total. The monoisotopic (exact) mass is 289 g/mol. The van der Waals surface area contributed by atoms with Crippen LogP contribution in [0.25, 0.3) is 0 Å². The number of carbonyl (C=O) groups excluding carboxylic acids is 1. The van der Waals surface area contributed by atoms with Crippen molar-refractivity contribution in [3.05, 3.63) is 34.3 Å². The Morgan fingerprint density at radius 3 is 3.15 bits per heavy atom. The molecule has 2 aromatic heterocycles. The highest BCUT2D eigenvalue weighted by atomic mass is 32.1. The van der Waals surface area contributed by atoms with Crippen LogP contribution in [0.4, 0.5) is 0 Å². The average molecular weight is 289 g/mol. The van der Waals surface area contributed by atoms with E-state index in [1.165, 1.54) is 0 Å². The number of nitriles is 1. The number of nitrogens with one attached hydrogen (secondary N) is 1. The summed E-state index contributed by atoms with van der Waals surface area (Å²) >= 11 is 1.62. The van der Waals surface area contributed by atoms with E-state index < -0.39 is 6.04 Å². The molecule has 1 unspecified atom stereocenters. The van der Waals surface area contributed by atoms with Crippen LogP contribution in [0.2, 0.25) is 0 Å². The van der Waals surface area contributed by atoms with Crippen molar-refractivity contribution in [2.45, 2.75) is 32.4 Å². The first kappa shape index (κ1) is 14.2. The molecule has 0 saturated carbocycles. The van der Waals surface area contributed by atoms with Gasteiger partial charge in [-0.3, -0.25) is 4.79 Å². The number of aromatic nitrogens is 3. The molecule has 0 radical (unpaired) electrons. The lowest BCUT2D eigenvalue weighted by molar-refractivity contribution is 0.0939. The molecule has 0 bridgehead atoms. The Morgan fingerprint density at radius 1 is 1.65 bits per heavy atom. The van der Waals surface area contributed by atoms with Gasteiger partial charge in [0.25, 0.3) is 5.91 Å². The van der Waals surface area contributed by atoms with Gasteiger partial charge in [-0.1, -0.05) is 24.6 Å². The molecule has 0 aliphatic rings. The number of amides is 1. The van der Waals surface area contributed by atoms with E-state index in [4.69, 9.17) is 5.26 Å². The lowest BCUT2D eigenvalue weighted by Crippen LogP contribution is -2.33. The van der Waals surface area contributed by atoms with Gasteiger partial charge in [0.05, 0.1) is 18.8 Å². The Hall–Kier alpha value is -2.20. The van der Waals surface area contributed by atoms with Gasteiger partial charge in [0.15, 0.2) is 5.69 Å². The van der Waals surface area contributed by atoms with E-state index in [1.54, 1.807) is 22.2 Å². The van der Waals surface area contributed by atoms with E-state index in [2.05, 4.69) is 21.7 Å². The standard InChI is InChI=1S/C13H15N5OS/c1-2-4-10(7-14)15-13(19)12-9-18(17-16-12)8-11-5-3-6-20-11/h3,5-6,9-10H,2,4,8H2,1H3,(H,15,19). The fraction of sp³-hybridized carbons (Fsp3) is 0.385. The molecule has 7 heteroatoms. The van der Waals surface area contributed by atoms with E-state index in [0.29, 0.717) is 13.0 Å². The van der Waals surface area contributed by atoms with Crippen LogP contribution in [0.15, 0.2) is 23.7 Å². The first-order chi connectivity index (χ1) is 9.72. The molecule has 0 spiro atoms. The van der Waals surface area contributed by atoms with Crippen LogP contribution in [0.1, 0.15) is 35.1 Å². The number of hydrogen-bond donors (Lipinski definition) is 1. The molecular formula is C13H15N5OS. The van der Waals surface area contributed by atoms with Crippen molar-refractivity contribution in [2.24, 2.45) is 0 Å². The van der Waals surface area contributed by atoms with Gasteiger partial charge in [0.2, 0.25) is 0 Å². The highest BCUT2D eigenvalue weighted by molar-refractivity contribution is 7.09. The molecule has 104 valence electrons. The summed E-state index contributed by atoms with van der Waals surface area (Å²) < 4.78 is 1.61. The van der Waals surface area contributed by atoms with Crippen molar-refractivity contribution < 1.29 is 4.79 Å². The van der Waals surface area contributed by atoms with E-state index >= 15 is 0 Å². The smallest absolute Gasteiger partial charge is 0.274 e. The second-order valence-electron chi connectivity index (χ2n) is 4.32. The quantitative estimate of drug-likeness (QED) is 0.879. The molecule has 1 N–H and O–H groups in total. The third-order valence-corrected chi connectivity index (χ3v) is 3.57. The number of rotatable bonds is 6. The minimum absolute atomic E-state index is 0.234. The number of hydrogen-bond acceptors (Lipinski definition) is 5. The number of nitrogens with zero attached hydrogens (tertiary/aromatic N) is 4. The zero-order valence-corrected chi connectivity index (χ0v) is 11.9. The summed E-state index contributed by atoms with van der Waals surface area (Å²) in [6, 6.07) is 5.55. The van der Waals surface area contributed by atoms with Crippen molar-refractivity contribution in [1.82, 2.24) is 20.3 Å². The molecule has 0 aliphatic carbocycles. The summed E-state index contributed by atoms with van der Waals surface area (Å²) in [5.74, 6) is -0.359. The maximum atomic E-state index is 11.9. The largest absolute Gasteiger partial charge is 0.335 e. The van der Waals surface area contributed by atoms with Crippen LogP contribution < -0.4 is 5.32 Å². The Bertz CT molecular complexity index is 599. The number of thiophene rings is 1. The molecule has 1 atom stereocenters. The van der Waals surface area contributed by atoms with Crippen molar-refractivity contribution in [1.29, 1.82) is 5.26 Å². The molecule has 2 aromatic rings. The zero-order chi connectivity index (χ0) is 14.4. The third kappa shape index (κ3) is 3.65. The van der Waals surface area contributed by atoms with Crippen LogP contribution in [0, 0.1) is 11.3 Å². The minimum atomic E-state index is -0.477. The summed E-state index contributed by atoms with van der Waals surface area (Å²) in [7, 11) is 0. The van der Waals surface area contributed by atoms with Gasteiger partial charge in [-0.05, 0) is 17.9 Å². The first-order valence-corrected chi connectivity index (χ1v) is 7.24. The van der Waals surface area contributed by atoms with Crippen molar-refractivity contribution in [3.8, 4) is 6.07 Å². The molecule has 2 rings (SSSR count). The van der Waals surface area contributed by atoms with Gasteiger partial charge in [-0.15, -0.1) is 16.4 Å². The molecule has 20 heavy (non-hydrogen) atoms. The minimum Gasteiger partial charge on any atom is -0.335 e. The molecule has 0 aromatic carbocycles. The Labute approximate surface area is 121 Å².